The fourth-order valence-corrected chi connectivity index (χ4v) is 17.5. The summed E-state index contributed by atoms with van der Waals surface area (Å²) in [5, 5.41) is 61.1. The number of anilines is 1. The fourth-order valence-electron chi connectivity index (χ4n) is 15.3. The van der Waals surface area contributed by atoms with Crippen LogP contribution in [0.3, 0.4) is 0 Å². The van der Waals surface area contributed by atoms with Crippen molar-refractivity contribution in [1.82, 2.24) is 78.7 Å². The topological polar surface area (TPSA) is 321 Å². The molecule has 8 heterocycles. The molecule has 1 aliphatic rings. The molecular formula is C107H83Br4F5N20O8S. The largest absolute Gasteiger partial charge is 0.496 e. The Morgan fingerprint density at radius 1 is 0.441 bits per heavy atom. The SMILES string of the molecule is COc1cc(C(=O)N(CCc2ccc(Br)cc2)Cc2nncn2Cc2ccc(C#N)cc2)nc2ccccc12.Fc1ccc(F)c(CN(Cc2nncn2Cc2ccc3c(c2)OCO3)c2ccc(Oc3ccccc3)cc2)c1F.N#Cc1ccc(Cn2cnnc2CN(CCc2ccc(Br)cc2)C(=O)c2ccc(Br)o2)cc1.N#Cc1ccc(Cn2cnnc2CN(Cc2ccc(F)cc2F)C(=O)c2ccc(Br)s2)cc1. The van der Waals surface area contributed by atoms with Crippen molar-refractivity contribution in [3.05, 3.63) is 452 Å². The molecule has 0 radical (unpaired) electrons. The third-order valence-electron chi connectivity index (χ3n) is 23.0. The Morgan fingerprint density at radius 3 is 1.45 bits per heavy atom. The van der Waals surface area contributed by atoms with Crippen LogP contribution in [0.5, 0.6) is 28.7 Å². The summed E-state index contributed by atoms with van der Waals surface area (Å²) < 4.78 is 110. The van der Waals surface area contributed by atoms with Crippen LogP contribution in [0.25, 0.3) is 10.9 Å². The van der Waals surface area contributed by atoms with Crippen LogP contribution in [0, 0.1) is 63.1 Å². The minimum absolute atomic E-state index is 0.0653. The van der Waals surface area contributed by atoms with Gasteiger partial charge in [0.2, 0.25) is 6.79 Å². The standard InChI is InChI=1S/C30H25BrN6O2.C30H23F3N4O3.C24H19Br2N5O2.C23H16BrF2N5OS/c1-39-28-16-27(34-26-5-3-2-4-25(26)28)30(38)36(15-14-21-10-12-24(31)13-11-21)19-29-35-33-20-37(29)18-23-8-6-22(17-32)7-9-23;31-25-11-12-26(32)30(33)24(25)16-36(21-7-9-23(10-8-21)40-22-4-2-1-3-5-22)17-29-35-34-18-37(29)15-20-6-13-27-28(14-20)39-19-38-27;25-20-7-5-17(6-8-20)11-12-30(24(32)21-9-10-22(26)33-21)15-23-29-28-16-31(23)14-19-3-1-18(13-27)2-4-19;24-21-8-7-20(33-21)23(32)30(12-17-5-6-18(25)9-19(17)26)13-22-29-28-14-31(22)11-16-3-1-15(10-27)2-4-16/h2-13,16,20H,14-15,18-19H2,1H3;1-14,18H,15-17,19H2;1-10,16H,11-12,14-15H2;1-9,14H,11-13H2. The Hall–Kier alpha value is -16.2. The summed E-state index contributed by atoms with van der Waals surface area (Å²) in [5.41, 5.74) is 9.31. The summed E-state index contributed by atoms with van der Waals surface area (Å²) in [6.45, 7) is 3.48. The van der Waals surface area contributed by atoms with E-state index in [9.17, 15) is 36.3 Å². The van der Waals surface area contributed by atoms with Crippen LogP contribution in [-0.2, 0) is 78.3 Å². The summed E-state index contributed by atoms with van der Waals surface area (Å²) in [6.07, 6.45) is 7.78. The van der Waals surface area contributed by atoms with Gasteiger partial charge in [-0.15, -0.1) is 52.1 Å². The van der Waals surface area contributed by atoms with E-state index >= 15 is 0 Å². The number of hydrogen-bond donors (Lipinski definition) is 0. The molecular weight excluding hydrogens is 2140 g/mol. The summed E-state index contributed by atoms with van der Waals surface area (Å²) in [5.74, 6) is 0.486. The minimum atomic E-state index is -1.23. The lowest BCUT2D eigenvalue weighted by Crippen LogP contribution is -2.34. The first-order valence-electron chi connectivity index (χ1n) is 44.8. The Labute approximate surface area is 865 Å². The Kier molecular flexibility index (Phi) is 34.4. The van der Waals surface area contributed by atoms with Gasteiger partial charge in [0.25, 0.3) is 17.7 Å². The first kappa shape index (κ1) is 102. The summed E-state index contributed by atoms with van der Waals surface area (Å²) in [4.78, 5) is 52.1. The van der Waals surface area contributed by atoms with Crippen LogP contribution in [0.4, 0.5) is 27.6 Å². The summed E-state index contributed by atoms with van der Waals surface area (Å²) in [6, 6.07) is 87.4. The highest BCUT2D eigenvalue weighted by Crippen LogP contribution is 2.36. The van der Waals surface area contributed by atoms with E-state index in [1.54, 1.807) is 143 Å². The van der Waals surface area contributed by atoms with Gasteiger partial charge in [-0.1, -0.05) is 135 Å². The smallest absolute Gasteiger partial charge is 0.290 e. The number of nitrogens with zero attached hydrogens (tertiary/aromatic N) is 20. The first-order chi connectivity index (χ1) is 70.5. The number of rotatable bonds is 33. The molecule has 0 spiro atoms. The Balaban J connectivity index is 0.000000139. The van der Waals surface area contributed by atoms with E-state index in [4.69, 9.17) is 39.2 Å². The van der Waals surface area contributed by atoms with Gasteiger partial charge in [-0.05, 0) is 242 Å². The number of benzene rings is 11. The molecule has 0 unspecified atom stereocenters. The number of methoxy groups -OCH3 is 1. The van der Waals surface area contributed by atoms with Gasteiger partial charge in [0.15, 0.2) is 56.9 Å². The van der Waals surface area contributed by atoms with E-state index in [0.717, 1.165) is 75.8 Å². The lowest BCUT2D eigenvalue weighted by Gasteiger charge is -2.25. The van der Waals surface area contributed by atoms with Gasteiger partial charge in [-0.2, -0.15) is 15.8 Å². The molecule has 18 aromatic rings. The molecule has 1 aliphatic heterocycles. The predicted octanol–water partition coefficient (Wildman–Crippen LogP) is 22.2. The number of furan rings is 1. The lowest BCUT2D eigenvalue weighted by molar-refractivity contribution is 0.0702. The Bertz CT molecular complexity index is 7680. The second-order valence-electron chi connectivity index (χ2n) is 32.7. The van der Waals surface area contributed by atoms with Gasteiger partial charge >= 0.3 is 0 Å². The van der Waals surface area contributed by atoms with Crippen molar-refractivity contribution in [2.45, 2.75) is 78.3 Å². The molecule has 0 N–H and O–H groups in total. The monoisotopic (exact) mass is 2220 g/mol. The average molecular weight is 2220 g/mol. The first-order valence-corrected chi connectivity index (χ1v) is 48.8. The van der Waals surface area contributed by atoms with E-state index in [-0.39, 0.29) is 80.7 Å². The van der Waals surface area contributed by atoms with E-state index in [0.29, 0.717) is 147 Å². The highest BCUT2D eigenvalue weighted by atomic mass is 79.9. The van der Waals surface area contributed by atoms with Crippen LogP contribution in [0.1, 0.15) is 115 Å². The molecule has 38 heteroatoms. The number of pyridine rings is 1. The van der Waals surface area contributed by atoms with E-state index in [2.05, 4.69) is 128 Å². The molecule has 11 aromatic carbocycles. The molecule has 7 aromatic heterocycles. The second-order valence-corrected chi connectivity index (χ2v) is 37.8. The molecule has 0 atom stereocenters. The zero-order valence-corrected chi connectivity index (χ0v) is 84.2. The maximum absolute atomic E-state index is 14.7. The predicted molar refractivity (Wildman–Crippen MR) is 544 cm³/mol. The highest BCUT2D eigenvalue weighted by molar-refractivity contribution is 9.11. The van der Waals surface area contributed by atoms with E-state index in [1.165, 1.54) is 22.3 Å². The average Bonchev–Trinajstić information content (AvgIpc) is 1.49. The van der Waals surface area contributed by atoms with Crippen molar-refractivity contribution < 1.29 is 59.7 Å². The number of ether oxygens (including phenoxy) is 4. The molecule has 28 nitrogen and oxygen atoms in total. The number of carbonyl (C=O) groups excluding carboxylic acids is 3. The maximum atomic E-state index is 14.7. The third kappa shape index (κ3) is 27.4. The van der Waals surface area contributed by atoms with Gasteiger partial charge in [0, 0.05) is 69.5 Å². The zero-order chi connectivity index (χ0) is 101. The van der Waals surface area contributed by atoms with E-state index in [1.807, 2.05) is 171 Å². The Morgan fingerprint density at radius 2 is 0.931 bits per heavy atom. The van der Waals surface area contributed by atoms with Crippen LogP contribution in [0.15, 0.2) is 326 Å². The number of amides is 3. The molecule has 0 bridgehead atoms. The zero-order valence-electron chi connectivity index (χ0n) is 77.0. The van der Waals surface area contributed by atoms with Gasteiger partial charge in [-0.3, -0.25) is 14.4 Å². The number of para-hydroxylation sites is 2. The molecule has 0 saturated heterocycles. The minimum Gasteiger partial charge on any atom is -0.496 e. The summed E-state index contributed by atoms with van der Waals surface area (Å²) in [7, 11) is 1.59. The van der Waals surface area contributed by atoms with Gasteiger partial charge in [0.05, 0.1) is 109 Å². The molecule has 728 valence electrons. The maximum Gasteiger partial charge on any atom is 0.290 e. The number of carbonyl (C=O) groups is 3. The molecule has 0 saturated carbocycles. The number of nitriles is 3. The van der Waals surface area contributed by atoms with Crippen molar-refractivity contribution in [2.24, 2.45) is 0 Å². The lowest BCUT2D eigenvalue weighted by atomic mass is 10.1. The number of thiophene rings is 1. The van der Waals surface area contributed by atoms with Gasteiger partial charge < -0.3 is 61.2 Å². The quantitative estimate of drug-likeness (QED) is 0.0272. The highest BCUT2D eigenvalue weighted by Gasteiger charge is 2.29. The normalized spacial score (nSPS) is 11.1. The van der Waals surface area contributed by atoms with E-state index < -0.39 is 29.1 Å². The molecule has 0 fully saturated rings. The van der Waals surface area contributed by atoms with Crippen molar-refractivity contribution in [3.63, 3.8) is 0 Å². The van der Waals surface area contributed by atoms with Crippen LogP contribution in [-0.4, -0.2) is 123 Å². The number of aromatic nitrogens is 13. The van der Waals surface area contributed by atoms with Crippen molar-refractivity contribution in [3.8, 4) is 47.0 Å². The third-order valence-corrected chi connectivity index (χ3v) is 26.1. The van der Waals surface area contributed by atoms with Gasteiger partial charge in [0.1, 0.15) is 65.7 Å². The molecule has 3 amide bonds. The summed E-state index contributed by atoms with van der Waals surface area (Å²) >= 11 is 14.8. The number of fused-ring (bicyclic) bond motifs is 2. The van der Waals surface area contributed by atoms with Crippen LogP contribution in [0.2, 0.25) is 0 Å². The number of halogens is 9. The molecule has 0 aliphatic carbocycles. The van der Waals surface area contributed by atoms with Crippen LogP contribution < -0.4 is 23.8 Å². The van der Waals surface area contributed by atoms with Crippen molar-refractivity contribution in [1.29, 1.82) is 15.8 Å². The molecule has 19 rings (SSSR count). The van der Waals surface area contributed by atoms with Crippen LogP contribution >= 0.6 is 75.1 Å². The molecule has 145 heavy (non-hydrogen) atoms. The fraction of sp³-hybridized carbons (Fsp3) is 0.150. The van der Waals surface area contributed by atoms with Gasteiger partial charge in [-0.25, -0.2) is 26.9 Å². The number of hydrogen-bond acceptors (Lipinski definition) is 22. The second kappa shape index (κ2) is 49.0. The van der Waals surface area contributed by atoms with Crippen molar-refractivity contribution in [2.75, 3.05) is 31.9 Å². The van der Waals surface area contributed by atoms with Crippen molar-refractivity contribution >= 4 is 109 Å².